The molecule has 280 valence electrons. The van der Waals surface area contributed by atoms with Gasteiger partial charge < -0.3 is 26.0 Å². The first-order valence-electron chi connectivity index (χ1n) is 17.7. The Bertz CT molecular complexity index is 1720. The fourth-order valence-corrected chi connectivity index (χ4v) is 8.50. The summed E-state index contributed by atoms with van der Waals surface area (Å²) in [5.41, 5.74) is 3.54. The highest BCUT2D eigenvalue weighted by atomic mass is 32.2. The largest absolute Gasteiger partial charge is 0.384 e. The van der Waals surface area contributed by atoms with Crippen LogP contribution in [0.25, 0.3) is 0 Å². The number of thioether (sulfide) groups is 1. The van der Waals surface area contributed by atoms with Crippen LogP contribution in [0, 0.1) is 5.92 Å². The molecule has 2 saturated heterocycles. The van der Waals surface area contributed by atoms with E-state index >= 15 is 0 Å². The molecule has 5 amide bonds. The average Bonchev–Trinajstić information content (AvgIpc) is 3.80. The lowest BCUT2D eigenvalue weighted by molar-refractivity contribution is -0.143. The molecule has 1 saturated carbocycles. The molecule has 3 fully saturated rings. The Balaban J connectivity index is 1.51. The van der Waals surface area contributed by atoms with E-state index in [1.54, 1.807) is 39.7 Å². The smallest absolute Gasteiger partial charge is 0.287 e. The Hall–Kier alpha value is -4.44. The lowest BCUT2D eigenvalue weighted by Gasteiger charge is -2.37. The maximum Gasteiger partial charge on any atom is 0.287 e. The van der Waals surface area contributed by atoms with Gasteiger partial charge in [-0.1, -0.05) is 37.3 Å². The predicted molar refractivity (Wildman–Crippen MR) is 193 cm³/mol. The number of carbonyl (C=O) groups is 6. The van der Waals surface area contributed by atoms with E-state index in [0.717, 1.165) is 32.1 Å². The summed E-state index contributed by atoms with van der Waals surface area (Å²) < 4.78 is 1.49. The van der Waals surface area contributed by atoms with Crippen molar-refractivity contribution < 1.29 is 33.9 Å². The molecule has 5 rings (SSSR count). The minimum atomic E-state index is -1.51. The molecule has 2 atom stereocenters. The number of nitrogens with one attached hydrogen (secondary N) is 1. The van der Waals surface area contributed by atoms with E-state index < -0.39 is 52.6 Å². The van der Waals surface area contributed by atoms with E-state index in [1.807, 2.05) is 0 Å². The molecule has 0 unspecified atom stereocenters. The van der Waals surface area contributed by atoms with Crippen molar-refractivity contribution in [3.05, 3.63) is 47.3 Å². The summed E-state index contributed by atoms with van der Waals surface area (Å²) in [5.74, 6) is -3.04. The number of aliphatic hydroxyl groups is 1. The molecule has 2 aromatic rings. The quantitative estimate of drug-likeness (QED) is 0.226. The minimum Gasteiger partial charge on any atom is -0.384 e. The van der Waals surface area contributed by atoms with Gasteiger partial charge >= 0.3 is 0 Å². The van der Waals surface area contributed by atoms with Gasteiger partial charge in [-0.2, -0.15) is 11.8 Å². The van der Waals surface area contributed by atoms with Gasteiger partial charge in [-0.15, -0.1) is 5.10 Å². The van der Waals surface area contributed by atoms with Gasteiger partial charge in [0.25, 0.3) is 23.6 Å². The molecule has 15 nitrogen and oxygen atoms in total. The van der Waals surface area contributed by atoms with E-state index in [0.29, 0.717) is 22.8 Å². The van der Waals surface area contributed by atoms with Crippen LogP contribution in [-0.2, 0) is 24.8 Å². The van der Waals surface area contributed by atoms with Crippen molar-refractivity contribution in [2.24, 2.45) is 16.6 Å². The maximum atomic E-state index is 14.7. The van der Waals surface area contributed by atoms with Crippen LogP contribution in [0.1, 0.15) is 104 Å². The van der Waals surface area contributed by atoms with E-state index in [9.17, 15) is 33.9 Å². The molecule has 3 aliphatic rings. The van der Waals surface area contributed by atoms with Crippen LogP contribution >= 0.6 is 11.8 Å². The van der Waals surface area contributed by atoms with Crippen molar-refractivity contribution in [1.29, 1.82) is 0 Å². The van der Waals surface area contributed by atoms with Crippen molar-refractivity contribution in [3.8, 4) is 0 Å². The Morgan fingerprint density at radius 3 is 2.27 bits per heavy atom. The highest BCUT2D eigenvalue weighted by Gasteiger charge is 2.49. The molecular weight excluding hydrogens is 689 g/mol. The molecule has 1 aliphatic carbocycles. The predicted octanol–water partition coefficient (Wildman–Crippen LogP) is 2.04. The zero-order valence-electron chi connectivity index (χ0n) is 30.2. The number of rotatable bonds is 11. The Kier molecular flexibility index (Phi) is 12.0. The fourth-order valence-electron chi connectivity index (χ4n) is 7.31. The number of aliphatic imine (C=N–C) groups is 1. The number of amides is 5. The minimum absolute atomic E-state index is 0.00193. The topological polar surface area (TPSA) is 210 Å². The van der Waals surface area contributed by atoms with Gasteiger partial charge in [0.1, 0.15) is 22.9 Å². The number of primary amides is 1. The summed E-state index contributed by atoms with van der Waals surface area (Å²) in [6, 6.07) is 4.30. The third-order valence-corrected chi connectivity index (χ3v) is 11.2. The molecule has 0 radical (unpaired) electrons. The molecule has 1 aromatic carbocycles. The van der Waals surface area contributed by atoms with Crippen molar-refractivity contribution in [1.82, 2.24) is 30.1 Å². The number of hydrogen-bond donors (Lipinski definition) is 3. The third kappa shape index (κ3) is 8.60. The van der Waals surface area contributed by atoms with E-state index in [4.69, 9.17) is 5.73 Å². The van der Waals surface area contributed by atoms with Crippen molar-refractivity contribution in [2.45, 2.75) is 94.9 Å². The number of aromatic nitrogens is 3. The lowest BCUT2D eigenvalue weighted by Crippen LogP contribution is -2.63. The molecule has 0 bridgehead atoms. The number of nitrogens with zero attached hydrogens (tertiary/aromatic N) is 6. The third-order valence-electron chi connectivity index (χ3n) is 10.2. The van der Waals surface area contributed by atoms with E-state index in [1.165, 1.54) is 44.9 Å². The summed E-state index contributed by atoms with van der Waals surface area (Å²) in [5, 5.41) is 21.9. The zero-order chi connectivity index (χ0) is 37.8. The zero-order valence-corrected chi connectivity index (χ0v) is 31.0. The SMILES string of the molecule is CN(C)C(=O)c1ccc(C(=O)N=C(CC2CCCCC2)C(=O)N2C[C@@H](n3nncc3C(C)(C)O)C[C@H]2C(=O)NC2(C(=O)C(N)=O)CCSCC2)cc1. The molecule has 4 N–H and O–H groups in total. The monoisotopic (exact) mass is 736 g/mol. The van der Waals surface area contributed by atoms with Crippen LogP contribution < -0.4 is 11.1 Å². The van der Waals surface area contributed by atoms with Crippen LogP contribution in [0.4, 0.5) is 0 Å². The summed E-state index contributed by atoms with van der Waals surface area (Å²) in [6.07, 6.45) is 6.85. The molecule has 16 heteroatoms. The Morgan fingerprint density at radius 2 is 1.67 bits per heavy atom. The Morgan fingerprint density at radius 1 is 1.04 bits per heavy atom. The Labute approximate surface area is 307 Å². The van der Waals surface area contributed by atoms with Gasteiger partial charge in [0.15, 0.2) is 0 Å². The van der Waals surface area contributed by atoms with Gasteiger partial charge in [-0.25, -0.2) is 9.67 Å². The number of nitrogens with two attached hydrogens (primary N) is 1. The first-order chi connectivity index (χ1) is 24.6. The number of carbonyl (C=O) groups excluding carboxylic acids is 6. The summed E-state index contributed by atoms with van der Waals surface area (Å²) in [6.45, 7) is 3.12. The second kappa shape index (κ2) is 16.1. The lowest BCUT2D eigenvalue weighted by atomic mass is 9.85. The number of benzene rings is 1. The molecule has 52 heavy (non-hydrogen) atoms. The second-order valence-electron chi connectivity index (χ2n) is 14.7. The molecular formula is C36H48N8O7S. The molecule has 1 aromatic heterocycles. The maximum absolute atomic E-state index is 14.7. The second-order valence-corrected chi connectivity index (χ2v) is 15.9. The van der Waals surface area contributed by atoms with Gasteiger partial charge in [0.2, 0.25) is 11.7 Å². The van der Waals surface area contributed by atoms with Crippen LogP contribution in [0.5, 0.6) is 0 Å². The van der Waals surface area contributed by atoms with Crippen molar-refractivity contribution in [3.63, 3.8) is 0 Å². The summed E-state index contributed by atoms with van der Waals surface area (Å²) in [4.78, 5) is 87.5. The molecule has 3 heterocycles. The average molecular weight is 737 g/mol. The summed E-state index contributed by atoms with van der Waals surface area (Å²) in [7, 11) is 3.26. The number of hydrogen-bond acceptors (Lipinski definition) is 10. The normalized spacial score (nSPS) is 21.0. The van der Waals surface area contributed by atoms with Gasteiger partial charge in [0.05, 0.1) is 17.9 Å². The van der Waals surface area contributed by atoms with Crippen molar-refractivity contribution in [2.75, 3.05) is 32.1 Å². The first kappa shape index (κ1) is 38.8. The van der Waals surface area contributed by atoms with Crippen LogP contribution in [0.3, 0.4) is 0 Å². The highest BCUT2D eigenvalue weighted by molar-refractivity contribution is 7.99. The first-order valence-corrected chi connectivity index (χ1v) is 18.9. The molecule has 2 aliphatic heterocycles. The number of ketones is 1. The van der Waals surface area contributed by atoms with Gasteiger partial charge in [-0.05, 0) is 74.8 Å². The number of Topliss-reactive ketones (excluding diaryl/α,β-unsaturated/α-hetero) is 1. The highest BCUT2D eigenvalue weighted by Crippen LogP contribution is 2.34. The van der Waals surface area contributed by atoms with Crippen molar-refractivity contribution >= 4 is 52.8 Å². The summed E-state index contributed by atoms with van der Waals surface area (Å²) >= 11 is 1.59. The number of likely N-dealkylation sites (tertiary alicyclic amines) is 1. The van der Waals surface area contributed by atoms with Gasteiger partial charge in [-0.3, -0.25) is 28.8 Å². The van der Waals surface area contributed by atoms with E-state index in [2.05, 4.69) is 20.6 Å². The van der Waals surface area contributed by atoms with Crippen LogP contribution in [0.2, 0.25) is 0 Å². The molecule has 0 spiro atoms. The van der Waals surface area contributed by atoms with Crippen LogP contribution in [-0.4, -0.2) is 115 Å². The van der Waals surface area contributed by atoms with Gasteiger partial charge in [0, 0.05) is 38.2 Å². The van der Waals surface area contributed by atoms with Crippen LogP contribution in [0.15, 0.2) is 35.5 Å². The fraction of sp³-hybridized carbons (Fsp3) is 0.583. The van der Waals surface area contributed by atoms with E-state index in [-0.39, 0.29) is 55.3 Å². The standard InChI is InChI=1S/C36H48N8O7S/c1-35(2,51)28-20-38-41-44(28)25-19-27(32(48)40-36(29(45)30(37)46)14-16-52-17-15-36)43(21-25)34(50)26(18-22-8-6-5-7-9-22)39-31(47)23-10-12-24(13-11-23)33(49)42(3)4/h10-13,20,22,25,27,51H,5-9,14-19,21H2,1-4H3,(H2,37,46)(H,40,48)/t25-,27-/m0/s1.